The average molecular weight is 505 g/mol. The first-order valence-electron chi connectivity index (χ1n) is 12.2. The average Bonchev–Trinajstić information content (AvgIpc) is 3.28. The van der Waals surface area contributed by atoms with Gasteiger partial charge in [-0.3, -0.25) is 23.6 Å². The van der Waals surface area contributed by atoms with Gasteiger partial charge in [-0.2, -0.15) is 10.2 Å². The summed E-state index contributed by atoms with van der Waals surface area (Å²) in [5, 5.41) is 9.30. The molecule has 0 amide bonds. The zero-order valence-electron chi connectivity index (χ0n) is 21.6. The molecule has 1 aliphatic heterocycles. The van der Waals surface area contributed by atoms with Gasteiger partial charge in [-0.1, -0.05) is 23.8 Å². The lowest BCUT2D eigenvalue weighted by Gasteiger charge is -2.31. The van der Waals surface area contributed by atoms with Gasteiger partial charge >= 0.3 is 5.69 Å². The van der Waals surface area contributed by atoms with Gasteiger partial charge in [0.05, 0.1) is 12.2 Å². The minimum absolute atomic E-state index is 0.00447. The number of Topliss-reactive ketones (excluding diaryl/α,β-unsaturated/α-hetero) is 1. The van der Waals surface area contributed by atoms with E-state index < -0.39 is 23.6 Å². The Morgan fingerprint density at radius 1 is 1.27 bits per heavy atom. The van der Waals surface area contributed by atoms with Crippen molar-refractivity contribution in [2.24, 2.45) is 12.8 Å². The van der Waals surface area contributed by atoms with Crippen molar-refractivity contribution in [1.82, 2.24) is 18.7 Å². The van der Waals surface area contributed by atoms with Crippen LogP contribution in [0.3, 0.4) is 0 Å². The van der Waals surface area contributed by atoms with Gasteiger partial charge in [0.15, 0.2) is 23.1 Å². The van der Waals surface area contributed by atoms with Gasteiger partial charge in [-0.05, 0) is 38.8 Å². The summed E-state index contributed by atoms with van der Waals surface area (Å²) >= 11 is 0. The lowest BCUT2D eigenvalue weighted by Crippen LogP contribution is -2.44. The van der Waals surface area contributed by atoms with Crippen molar-refractivity contribution in [3.8, 4) is 6.19 Å². The zero-order chi connectivity index (χ0) is 26.9. The largest absolute Gasteiger partial charge is 0.341 e. The fourth-order valence-corrected chi connectivity index (χ4v) is 4.66. The maximum absolute atomic E-state index is 13.8. The predicted molar refractivity (Wildman–Crippen MR) is 143 cm³/mol. The van der Waals surface area contributed by atoms with E-state index in [-0.39, 0.29) is 22.8 Å². The molecule has 0 bridgehead atoms. The first-order chi connectivity index (χ1) is 17.6. The molecule has 2 aromatic heterocycles. The van der Waals surface area contributed by atoms with Crippen LogP contribution in [0.2, 0.25) is 0 Å². The number of nitriles is 1. The molecule has 1 fully saturated rings. The third-order valence-corrected chi connectivity index (χ3v) is 6.65. The molecule has 1 unspecified atom stereocenters. The van der Waals surface area contributed by atoms with Crippen LogP contribution in [0.5, 0.6) is 0 Å². The molecule has 4 rings (SSSR count). The molecule has 3 heterocycles. The van der Waals surface area contributed by atoms with Gasteiger partial charge in [0.25, 0.3) is 5.56 Å². The van der Waals surface area contributed by atoms with Crippen molar-refractivity contribution in [3.63, 3.8) is 0 Å². The molecule has 1 saturated heterocycles. The van der Waals surface area contributed by atoms with Crippen LogP contribution in [0, 0.1) is 11.5 Å². The highest BCUT2D eigenvalue weighted by atomic mass is 16.2. The SMILES string of the molecule is CC(C)=CCn1c(N2CCCC(N)C2)nc2c1c(=O)n(CC(=O)c1ccccc1N(C)C#N)c(=O)n2C. The number of imidazole rings is 1. The first-order valence-corrected chi connectivity index (χ1v) is 12.2. The van der Waals surface area contributed by atoms with Crippen molar-refractivity contribution in [2.45, 2.75) is 45.8 Å². The number of fused-ring (bicyclic) bond motifs is 1. The number of nitrogens with zero attached hydrogens (tertiary/aromatic N) is 7. The molecule has 0 spiro atoms. The van der Waals surface area contributed by atoms with E-state index in [1.54, 1.807) is 42.9 Å². The molecule has 0 saturated carbocycles. The molecule has 37 heavy (non-hydrogen) atoms. The highest BCUT2D eigenvalue weighted by Gasteiger charge is 2.27. The molecule has 1 aromatic carbocycles. The second-order valence-electron chi connectivity index (χ2n) is 9.66. The Labute approximate surface area is 214 Å². The monoisotopic (exact) mass is 504 g/mol. The highest BCUT2D eigenvalue weighted by molar-refractivity contribution is 6.01. The number of aromatic nitrogens is 4. The van der Waals surface area contributed by atoms with Crippen molar-refractivity contribution in [1.29, 1.82) is 5.26 Å². The first kappa shape index (κ1) is 25.9. The minimum atomic E-state index is -0.634. The maximum Gasteiger partial charge on any atom is 0.332 e. The van der Waals surface area contributed by atoms with Crippen molar-refractivity contribution in [2.75, 3.05) is 29.9 Å². The van der Waals surface area contributed by atoms with E-state index in [2.05, 4.69) is 4.90 Å². The molecule has 1 atom stereocenters. The van der Waals surface area contributed by atoms with Gasteiger partial charge in [-0.15, -0.1) is 0 Å². The molecule has 1 aliphatic rings. The number of aryl methyl sites for hydroxylation is 1. The Hall–Kier alpha value is -4.17. The van der Waals surface area contributed by atoms with E-state index in [4.69, 9.17) is 10.7 Å². The number of carbonyl (C=O) groups excluding carboxylic acids is 1. The quantitative estimate of drug-likeness (QED) is 0.222. The number of nitrogens with two attached hydrogens (primary N) is 1. The Morgan fingerprint density at radius 3 is 2.68 bits per heavy atom. The van der Waals surface area contributed by atoms with Crippen LogP contribution >= 0.6 is 0 Å². The molecule has 0 aliphatic carbocycles. The number of hydrogen-bond acceptors (Lipinski definition) is 8. The van der Waals surface area contributed by atoms with Gasteiger partial charge in [-0.25, -0.2) is 4.79 Å². The molecule has 3 aromatic rings. The molecular weight excluding hydrogens is 472 g/mol. The Kier molecular flexibility index (Phi) is 7.31. The highest BCUT2D eigenvalue weighted by Crippen LogP contribution is 2.24. The van der Waals surface area contributed by atoms with Crippen LogP contribution in [-0.4, -0.2) is 50.6 Å². The lowest BCUT2D eigenvalue weighted by atomic mass is 10.1. The number of piperidine rings is 1. The van der Waals surface area contributed by atoms with E-state index in [9.17, 15) is 19.6 Å². The van der Waals surface area contributed by atoms with E-state index in [1.807, 2.05) is 26.1 Å². The smallest absolute Gasteiger partial charge is 0.332 e. The third kappa shape index (κ3) is 4.93. The normalized spacial score (nSPS) is 15.5. The number of ketones is 1. The summed E-state index contributed by atoms with van der Waals surface area (Å²) in [6, 6.07) is 6.61. The summed E-state index contributed by atoms with van der Waals surface area (Å²) in [6.07, 6.45) is 5.79. The second kappa shape index (κ2) is 10.4. The number of benzene rings is 1. The molecular formula is C26H32N8O3. The lowest BCUT2D eigenvalue weighted by molar-refractivity contribution is 0.0969. The van der Waals surface area contributed by atoms with Crippen molar-refractivity contribution < 1.29 is 4.79 Å². The van der Waals surface area contributed by atoms with Crippen molar-refractivity contribution >= 4 is 28.6 Å². The summed E-state index contributed by atoms with van der Waals surface area (Å²) in [6.45, 7) is 5.21. The summed E-state index contributed by atoms with van der Waals surface area (Å²) in [4.78, 5) is 48.4. The number of rotatable bonds is 7. The minimum Gasteiger partial charge on any atom is -0.341 e. The number of para-hydroxylation sites is 1. The van der Waals surface area contributed by atoms with E-state index in [0.29, 0.717) is 24.7 Å². The van der Waals surface area contributed by atoms with Crippen LogP contribution in [0.1, 0.15) is 37.0 Å². The van der Waals surface area contributed by atoms with Crippen LogP contribution in [0.25, 0.3) is 11.2 Å². The van der Waals surface area contributed by atoms with Gasteiger partial charge in [0.1, 0.15) is 0 Å². The number of anilines is 2. The Morgan fingerprint density at radius 2 is 2.00 bits per heavy atom. The zero-order valence-corrected chi connectivity index (χ0v) is 21.6. The number of allylic oxidation sites excluding steroid dienone is 2. The van der Waals surface area contributed by atoms with Gasteiger partial charge in [0.2, 0.25) is 5.95 Å². The number of hydrogen-bond donors (Lipinski definition) is 1. The summed E-state index contributed by atoms with van der Waals surface area (Å²) in [7, 11) is 3.09. The number of carbonyl (C=O) groups is 1. The van der Waals surface area contributed by atoms with Crippen LogP contribution in [0.4, 0.5) is 11.6 Å². The fraction of sp³-hybridized carbons (Fsp3) is 0.423. The maximum atomic E-state index is 13.8. The molecule has 11 heteroatoms. The second-order valence-corrected chi connectivity index (χ2v) is 9.66. The molecule has 2 N–H and O–H groups in total. The van der Waals surface area contributed by atoms with Crippen LogP contribution < -0.4 is 26.8 Å². The van der Waals surface area contributed by atoms with Crippen molar-refractivity contribution in [3.05, 3.63) is 62.3 Å². The summed E-state index contributed by atoms with van der Waals surface area (Å²) < 4.78 is 4.06. The molecule has 11 nitrogen and oxygen atoms in total. The summed E-state index contributed by atoms with van der Waals surface area (Å²) in [5.41, 5.74) is 7.24. The molecule has 194 valence electrons. The van der Waals surface area contributed by atoms with E-state index in [1.165, 1.54) is 9.47 Å². The van der Waals surface area contributed by atoms with Gasteiger partial charge < -0.3 is 15.2 Å². The third-order valence-electron chi connectivity index (χ3n) is 6.65. The standard InChI is InChI=1S/C26H32N8O3/c1-17(2)11-13-33-22-23(29-25(33)32-12-7-8-18(28)14-32)31(4)26(37)34(24(22)36)15-21(35)19-9-5-6-10-20(19)30(3)16-27/h5-6,9-11,18H,7-8,12-15,28H2,1-4H3. The predicted octanol–water partition coefficient (Wildman–Crippen LogP) is 1.59. The summed E-state index contributed by atoms with van der Waals surface area (Å²) in [5.74, 6) is 0.133. The van der Waals surface area contributed by atoms with Crippen LogP contribution in [0.15, 0.2) is 45.5 Å². The fourth-order valence-electron chi connectivity index (χ4n) is 4.66. The van der Waals surface area contributed by atoms with E-state index in [0.717, 1.165) is 29.5 Å². The molecule has 0 radical (unpaired) electrons. The van der Waals surface area contributed by atoms with Gasteiger partial charge in [0, 0.05) is 45.3 Å². The Bertz CT molecular complexity index is 1530. The topological polar surface area (TPSA) is 135 Å². The van der Waals surface area contributed by atoms with E-state index >= 15 is 0 Å². The van der Waals surface area contributed by atoms with Crippen LogP contribution in [-0.2, 0) is 20.1 Å². The Balaban J connectivity index is 1.88.